The van der Waals surface area contributed by atoms with Crippen LogP contribution in [0.5, 0.6) is 0 Å². The summed E-state index contributed by atoms with van der Waals surface area (Å²) >= 11 is 1.53. The highest BCUT2D eigenvalue weighted by molar-refractivity contribution is 7.98. The van der Waals surface area contributed by atoms with Crippen LogP contribution >= 0.6 is 11.8 Å². The summed E-state index contributed by atoms with van der Waals surface area (Å²) in [4.78, 5) is 4.66. The zero-order valence-electron chi connectivity index (χ0n) is 17.2. The van der Waals surface area contributed by atoms with E-state index in [1.54, 1.807) is 12.1 Å². The predicted molar refractivity (Wildman–Crippen MR) is 116 cm³/mol. The summed E-state index contributed by atoms with van der Waals surface area (Å²) < 4.78 is 22.2. The molecule has 4 aromatic rings. The highest BCUT2D eigenvalue weighted by Crippen LogP contribution is 2.30. The van der Waals surface area contributed by atoms with Gasteiger partial charge in [0.15, 0.2) is 11.0 Å². The first-order valence-electron chi connectivity index (χ1n) is 9.85. The number of benzene rings is 2. The molecule has 0 spiro atoms. The van der Waals surface area contributed by atoms with Gasteiger partial charge in [-0.2, -0.15) is 0 Å². The van der Waals surface area contributed by atoms with Gasteiger partial charge in [0.2, 0.25) is 5.89 Å². The summed E-state index contributed by atoms with van der Waals surface area (Å²) in [6.07, 6.45) is 0. The van der Waals surface area contributed by atoms with Gasteiger partial charge in [0, 0.05) is 17.9 Å². The first-order valence-corrected chi connectivity index (χ1v) is 10.8. The molecule has 0 saturated heterocycles. The van der Waals surface area contributed by atoms with Crippen molar-refractivity contribution in [2.24, 2.45) is 5.92 Å². The lowest BCUT2D eigenvalue weighted by Crippen LogP contribution is -2.08. The van der Waals surface area contributed by atoms with Crippen molar-refractivity contribution in [3.05, 3.63) is 71.9 Å². The molecule has 7 heteroatoms. The van der Waals surface area contributed by atoms with E-state index < -0.39 is 0 Å². The van der Waals surface area contributed by atoms with Gasteiger partial charge in [0.1, 0.15) is 11.6 Å². The quantitative estimate of drug-likeness (QED) is 0.342. The lowest BCUT2D eigenvalue weighted by Gasteiger charge is -2.12. The Morgan fingerprint density at radius 1 is 1.03 bits per heavy atom. The maximum absolute atomic E-state index is 14.4. The Morgan fingerprint density at radius 3 is 2.50 bits per heavy atom. The number of thioether (sulfide) groups is 1. The third-order valence-corrected chi connectivity index (χ3v) is 5.61. The summed E-state index contributed by atoms with van der Waals surface area (Å²) in [5, 5.41) is 9.38. The van der Waals surface area contributed by atoms with E-state index in [0.29, 0.717) is 35.5 Å². The summed E-state index contributed by atoms with van der Waals surface area (Å²) in [7, 11) is 0. The topological polar surface area (TPSA) is 56.7 Å². The van der Waals surface area contributed by atoms with Gasteiger partial charge < -0.3 is 8.98 Å². The zero-order valence-corrected chi connectivity index (χ0v) is 18.0. The molecule has 0 bridgehead atoms. The Kier molecular flexibility index (Phi) is 5.99. The van der Waals surface area contributed by atoms with Gasteiger partial charge in [-0.3, -0.25) is 0 Å². The SMILES string of the molecule is Cc1oc(-c2ccccc2)nc1CSc1nnc(-c2ccccc2F)n1CC(C)C. The van der Waals surface area contributed by atoms with E-state index in [9.17, 15) is 4.39 Å². The number of hydrogen-bond donors (Lipinski definition) is 0. The zero-order chi connectivity index (χ0) is 21.1. The van der Waals surface area contributed by atoms with Crippen LogP contribution in [0.3, 0.4) is 0 Å². The van der Waals surface area contributed by atoms with Crippen LogP contribution in [0, 0.1) is 18.7 Å². The van der Waals surface area contributed by atoms with Crippen LogP contribution in [0.2, 0.25) is 0 Å². The molecule has 2 heterocycles. The van der Waals surface area contributed by atoms with Crippen molar-refractivity contribution in [1.82, 2.24) is 19.7 Å². The third kappa shape index (κ3) is 4.31. The summed E-state index contributed by atoms with van der Waals surface area (Å²) in [5.74, 6) is 2.60. The molecule has 0 atom stereocenters. The second kappa shape index (κ2) is 8.83. The Hall–Kier alpha value is -2.93. The van der Waals surface area contributed by atoms with Gasteiger partial charge in [-0.15, -0.1) is 10.2 Å². The van der Waals surface area contributed by atoms with Crippen LogP contribution in [-0.4, -0.2) is 19.7 Å². The van der Waals surface area contributed by atoms with Crippen molar-refractivity contribution in [1.29, 1.82) is 0 Å². The second-order valence-electron chi connectivity index (χ2n) is 7.47. The number of aromatic nitrogens is 4. The first kappa shape index (κ1) is 20.3. The van der Waals surface area contributed by atoms with E-state index in [1.165, 1.54) is 17.8 Å². The molecule has 0 fully saturated rings. The normalized spacial score (nSPS) is 11.4. The fourth-order valence-electron chi connectivity index (χ4n) is 3.17. The van der Waals surface area contributed by atoms with Crippen molar-refractivity contribution < 1.29 is 8.81 Å². The monoisotopic (exact) mass is 422 g/mol. The van der Waals surface area contributed by atoms with Gasteiger partial charge in [-0.1, -0.05) is 55.9 Å². The average molecular weight is 423 g/mol. The number of aryl methyl sites for hydroxylation is 1. The molecule has 2 aromatic heterocycles. The Labute approximate surface area is 179 Å². The van der Waals surface area contributed by atoms with Crippen LogP contribution in [-0.2, 0) is 12.3 Å². The molecule has 0 aliphatic carbocycles. The average Bonchev–Trinajstić information content (AvgIpc) is 3.30. The van der Waals surface area contributed by atoms with Crippen LogP contribution < -0.4 is 0 Å². The third-order valence-electron chi connectivity index (χ3n) is 4.63. The Bertz CT molecular complexity index is 1140. The summed E-state index contributed by atoms with van der Waals surface area (Å²) in [5.41, 5.74) is 2.27. The number of rotatable bonds is 7. The van der Waals surface area contributed by atoms with Crippen LogP contribution in [0.25, 0.3) is 22.8 Å². The van der Waals surface area contributed by atoms with Crippen LogP contribution in [0.15, 0.2) is 64.2 Å². The van der Waals surface area contributed by atoms with Crippen molar-refractivity contribution >= 4 is 11.8 Å². The lowest BCUT2D eigenvalue weighted by molar-refractivity contribution is 0.496. The molecular weight excluding hydrogens is 399 g/mol. The molecule has 4 rings (SSSR count). The van der Waals surface area contributed by atoms with Crippen LogP contribution in [0.1, 0.15) is 25.3 Å². The number of nitrogens with zero attached hydrogens (tertiary/aromatic N) is 4. The smallest absolute Gasteiger partial charge is 0.226 e. The van der Waals surface area contributed by atoms with Gasteiger partial charge in [0.05, 0.1) is 11.3 Å². The van der Waals surface area contributed by atoms with E-state index in [4.69, 9.17) is 4.42 Å². The minimum absolute atomic E-state index is 0.300. The summed E-state index contributed by atoms with van der Waals surface area (Å²) in [6.45, 7) is 6.85. The van der Waals surface area contributed by atoms with E-state index in [1.807, 2.05) is 47.9 Å². The lowest BCUT2D eigenvalue weighted by atomic mass is 10.2. The second-order valence-corrected chi connectivity index (χ2v) is 8.41. The molecule has 5 nitrogen and oxygen atoms in total. The molecule has 154 valence electrons. The van der Waals surface area contributed by atoms with Crippen LogP contribution in [0.4, 0.5) is 4.39 Å². The standard InChI is InChI=1S/C23H23FN4OS/c1-15(2)13-28-21(18-11-7-8-12-19(18)24)26-27-23(28)30-14-20-16(3)29-22(25-20)17-9-5-4-6-10-17/h4-12,15H,13-14H2,1-3H3. The van der Waals surface area contributed by atoms with Crippen molar-refractivity contribution in [2.45, 2.75) is 38.2 Å². The molecule has 0 unspecified atom stereocenters. The van der Waals surface area contributed by atoms with Gasteiger partial charge in [0.25, 0.3) is 0 Å². The van der Waals surface area contributed by atoms with E-state index in [-0.39, 0.29) is 5.82 Å². The number of halogens is 1. The molecule has 0 amide bonds. The Morgan fingerprint density at radius 2 is 1.77 bits per heavy atom. The Balaban J connectivity index is 1.60. The van der Waals surface area contributed by atoms with Gasteiger partial charge in [-0.05, 0) is 37.1 Å². The number of oxazole rings is 1. The molecule has 0 radical (unpaired) electrons. The van der Waals surface area contributed by atoms with Gasteiger partial charge in [-0.25, -0.2) is 9.37 Å². The molecule has 30 heavy (non-hydrogen) atoms. The maximum Gasteiger partial charge on any atom is 0.226 e. The van der Waals surface area contributed by atoms with Crippen molar-refractivity contribution in [3.63, 3.8) is 0 Å². The highest BCUT2D eigenvalue weighted by atomic mass is 32.2. The van der Waals surface area contributed by atoms with E-state index in [0.717, 1.165) is 22.2 Å². The molecule has 0 saturated carbocycles. The van der Waals surface area contributed by atoms with Crippen molar-refractivity contribution in [3.8, 4) is 22.8 Å². The van der Waals surface area contributed by atoms with E-state index in [2.05, 4.69) is 29.0 Å². The minimum atomic E-state index is -0.300. The van der Waals surface area contributed by atoms with Gasteiger partial charge >= 0.3 is 0 Å². The molecule has 0 aliphatic heterocycles. The molecular formula is C23H23FN4OS. The molecule has 0 aliphatic rings. The fraction of sp³-hybridized carbons (Fsp3) is 0.261. The first-order chi connectivity index (χ1) is 14.5. The van der Waals surface area contributed by atoms with E-state index >= 15 is 0 Å². The largest absolute Gasteiger partial charge is 0.441 e. The predicted octanol–water partition coefficient (Wildman–Crippen LogP) is 6.00. The number of hydrogen-bond acceptors (Lipinski definition) is 5. The van der Waals surface area contributed by atoms with Crippen molar-refractivity contribution in [2.75, 3.05) is 0 Å². The summed E-state index contributed by atoms with van der Waals surface area (Å²) in [6, 6.07) is 16.5. The highest BCUT2D eigenvalue weighted by Gasteiger charge is 2.19. The molecule has 2 aromatic carbocycles. The molecule has 0 N–H and O–H groups in total. The maximum atomic E-state index is 14.4. The minimum Gasteiger partial charge on any atom is -0.441 e. The fourth-order valence-corrected chi connectivity index (χ4v) is 4.12.